The van der Waals surface area contributed by atoms with E-state index in [0.29, 0.717) is 0 Å². The second kappa shape index (κ2) is 10.6. The number of hydrogen-bond acceptors (Lipinski definition) is 1. The lowest BCUT2D eigenvalue weighted by Crippen LogP contribution is -2.14. The van der Waals surface area contributed by atoms with Gasteiger partial charge in [0.25, 0.3) is 0 Å². The number of benzene rings is 7. The van der Waals surface area contributed by atoms with Crippen LogP contribution in [0.25, 0.3) is 77.3 Å². The van der Waals surface area contributed by atoms with Gasteiger partial charge in [-0.2, -0.15) is 0 Å². The molecule has 0 unspecified atom stereocenters. The third-order valence-electron chi connectivity index (χ3n) is 10.1. The Morgan fingerprint density at radius 2 is 0.894 bits per heavy atom. The summed E-state index contributed by atoms with van der Waals surface area (Å²) in [6.07, 6.45) is 2.04. The molecule has 0 aliphatic heterocycles. The fourth-order valence-electron chi connectivity index (χ4n) is 7.79. The van der Waals surface area contributed by atoms with Crippen molar-refractivity contribution < 1.29 is 0 Å². The first kappa shape index (κ1) is 27.5. The van der Waals surface area contributed by atoms with Gasteiger partial charge in [0.15, 0.2) is 0 Å². The van der Waals surface area contributed by atoms with Gasteiger partial charge in [0.2, 0.25) is 0 Å². The number of fused-ring (bicyclic) bond motifs is 5. The lowest BCUT2D eigenvalue weighted by atomic mass is 9.82. The highest BCUT2D eigenvalue weighted by Gasteiger charge is 2.35. The number of pyridine rings is 1. The highest BCUT2D eigenvalue weighted by molar-refractivity contribution is 6.21. The molecule has 1 aliphatic carbocycles. The van der Waals surface area contributed by atoms with E-state index in [-0.39, 0.29) is 5.41 Å². The molecule has 0 spiro atoms. The SMILES string of the molecule is CC1(C)c2ccccc2-c2cc(-c3ccc(-c4c5ccccc5c(-c5ccc(-c6ccccc6)cc5)c5ccccc45)nc3)ccc21. The third-order valence-corrected chi connectivity index (χ3v) is 10.1. The second-order valence-corrected chi connectivity index (χ2v) is 13.1. The van der Waals surface area contributed by atoms with Crippen molar-refractivity contribution >= 4 is 21.5 Å². The van der Waals surface area contributed by atoms with Gasteiger partial charge in [-0.15, -0.1) is 0 Å². The molecule has 0 radical (unpaired) electrons. The molecule has 222 valence electrons. The van der Waals surface area contributed by atoms with Gasteiger partial charge >= 0.3 is 0 Å². The molecular weight excluding hydrogens is 567 g/mol. The number of nitrogens with zero attached hydrogens (tertiary/aromatic N) is 1. The van der Waals surface area contributed by atoms with Gasteiger partial charge in [0, 0.05) is 22.7 Å². The molecule has 0 bridgehead atoms. The summed E-state index contributed by atoms with van der Waals surface area (Å²) in [6.45, 7) is 4.65. The summed E-state index contributed by atoms with van der Waals surface area (Å²) < 4.78 is 0. The van der Waals surface area contributed by atoms with Crippen LogP contribution in [0.4, 0.5) is 0 Å². The van der Waals surface area contributed by atoms with Crippen LogP contribution in [0.3, 0.4) is 0 Å². The van der Waals surface area contributed by atoms with Gasteiger partial charge in [-0.3, -0.25) is 4.98 Å². The Labute approximate surface area is 275 Å². The van der Waals surface area contributed by atoms with Crippen LogP contribution in [0.1, 0.15) is 25.0 Å². The van der Waals surface area contributed by atoms with Gasteiger partial charge in [0.05, 0.1) is 5.69 Å². The third kappa shape index (κ3) is 4.35. The van der Waals surface area contributed by atoms with E-state index in [0.717, 1.165) is 11.3 Å². The largest absolute Gasteiger partial charge is 0.256 e. The second-order valence-electron chi connectivity index (χ2n) is 13.1. The normalized spacial score (nSPS) is 13.1. The summed E-state index contributed by atoms with van der Waals surface area (Å²) >= 11 is 0. The van der Waals surface area contributed by atoms with Crippen molar-refractivity contribution in [1.29, 1.82) is 0 Å². The van der Waals surface area contributed by atoms with Crippen LogP contribution in [0.2, 0.25) is 0 Å². The zero-order chi connectivity index (χ0) is 31.5. The van der Waals surface area contributed by atoms with E-state index in [1.54, 1.807) is 0 Å². The van der Waals surface area contributed by atoms with Crippen LogP contribution in [0.5, 0.6) is 0 Å². The molecule has 1 heteroatoms. The zero-order valence-electron chi connectivity index (χ0n) is 26.5. The Kier molecular flexibility index (Phi) is 6.23. The predicted octanol–water partition coefficient (Wildman–Crippen LogP) is 12.4. The Balaban J connectivity index is 1.16. The summed E-state index contributed by atoms with van der Waals surface area (Å²) in [5.41, 5.74) is 14.9. The smallest absolute Gasteiger partial charge is 0.0714 e. The van der Waals surface area contributed by atoms with Crippen LogP contribution >= 0.6 is 0 Å². The van der Waals surface area contributed by atoms with Crippen LogP contribution in [-0.4, -0.2) is 4.98 Å². The van der Waals surface area contributed by atoms with E-state index < -0.39 is 0 Å². The first-order valence-electron chi connectivity index (χ1n) is 16.4. The molecule has 0 amide bonds. The fraction of sp³-hybridized carbons (Fsp3) is 0.0652. The molecule has 1 nitrogen and oxygen atoms in total. The van der Waals surface area contributed by atoms with Crippen LogP contribution in [0.15, 0.2) is 164 Å². The average Bonchev–Trinajstić information content (AvgIpc) is 3.36. The predicted molar refractivity (Wildman–Crippen MR) is 199 cm³/mol. The summed E-state index contributed by atoms with van der Waals surface area (Å²) in [6, 6.07) is 57.3. The van der Waals surface area contributed by atoms with Crippen molar-refractivity contribution in [2.24, 2.45) is 0 Å². The average molecular weight is 600 g/mol. The highest BCUT2D eigenvalue weighted by atomic mass is 14.7. The van der Waals surface area contributed by atoms with E-state index >= 15 is 0 Å². The van der Waals surface area contributed by atoms with E-state index in [4.69, 9.17) is 4.98 Å². The van der Waals surface area contributed by atoms with Crippen molar-refractivity contribution in [3.63, 3.8) is 0 Å². The number of hydrogen-bond donors (Lipinski definition) is 0. The molecule has 0 N–H and O–H groups in total. The summed E-state index contributed by atoms with van der Waals surface area (Å²) in [7, 11) is 0. The Morgan fingerprint density at radius 1 is 0.383 bits per heavy atom. The Morgan fingerprint density at radius 3 is 1.55 bits per heavy atom. The van der Waals surface area contributed by atoms with Crippen molar-refractivity contribution in [3.05, 3.63) is 175 Å². The molecule has 0 saturated carbocycles. The van der Waals surface area contributed by atoms with Crippen molar-refractivity contribution in [2.75, 3.05) is 0 Å². The molecular formula is C46H33N. The van der Waals surface area contributed by atoms with Crippen molar-refractivity contribution in [3.8, 4) is 55.8 Å². The molecule has 9 rings (SSSR count). The van der Waals surface area contributed by atoms with Crippen LogP contribution in [0, 0.1) is 0 Å². The van der Waals surface area contributed by atoms with Gasteiger partial charge in [0.1, 0.15) is 0 Å². The maximum absolute atomic E-state index is 5.14. The van der Waals surface area contributed by atoms with Gasteiger partial charge < -0.3 is 0 Å². The van der Waals surface area contributed by atoms with E-state index in [9.17, 15) is 0 Å². The summed E-state index contributed by atoms with van der Waals surface area (Å²) in [5, 5.41) is 4.90. The quantitative estimate of drug-likeness (QED) is 0.183. The molecule has 0 atom stereocenters. The zero-order valence-corrected chi connectivity index (χ0v) is 26.5. The van der Waals surface area contributed by atoms with E-state index in [2.05, 4.69) is 172 Å². The minimum absolute atomic E-state index is 0.00473. The van der Waals surface area contributed by atoms with Gasteiger partial charge in [-0.05, 0) is 83.7 Å². The Bertz CT molecular complexity index is 2390. The Hall–Kier alpha value is -5.79. The summed E-state index contributed by atoms with van der Waals surface area (Å²) in [5.74, 6) is 0. The molecule has 0 saturated heterocycles. The first-order chi connectivity index (χ1) is 23.1. The number of aromatic nitrogens is 1. The fourth-order valence-corrected chi connectivity index (χ4v) is 7.79. The minimum atomic E-state index is 0.00473. The monoisotopic (exact) mass is 599 g/mol. The van der Waals surface area contributed by atoms with Gasteiger partial charge in [-0.1, -0.05) is 159 Å². The maximum atomic E-state index is 5.14. The lowest BCUT2D eigenvalue weighted by Gasteiger charge is -2.21. The highest BCUT2D eigenvalue weighted by Crippen LogP contribution is 2.49. The van der Waals surface area contributed by atoms with Crippen molar-refractivity contribution in [1.82, 2.24) is 4.98 Å². The topological polar surface area (TPSA) is 12.9 Å². The maximum Gasteiger partial charge on any atom is 0.0714 e. The molecule has 1 aliphatic rings. The van der Waals surface area contributed by atoms with Crippen molar-refractivity contribution in [2.45, 2.75) is 19.3 Å². The molecule has 7 aromatic carbocycles. The first-order valence-corrected chi connectivity index (χ1v) is 16.4. The number of rotatable bonds is 4. The van der Waals surface area contributed by atoms with Crippen LogP contribution in [-0.2, 0) is 5.41 Å². The molecule has 1 heterocycles. The summed E-state index contributed by atoms with van der Waals surface area (Å²) in [4.78, 5) is 5.14. The molecule has 0 fully saturated rings. The van der Waals surface area contributed by atoms with Crippen LogP contribution < -0.4 is 0 Å². The molecule has 1 aromatic heterocycles. The minimum Gasteiger partial charge on any atom is -0.256 e. The molecule has 47 heavy (non-hydrogen) atoms. The van der Waals surface area contributed by atoms with E-state index in [1.165, 1.54) is 77.2 Å². The van der Waals surface area contributed by atoms with Gasteiger partial charge in [-0.25, -0.2) is 0 Å². The van der Waals surface area contributed by atoms with E-state index in [1.807, 2.05) is 6.20 Å². The standard InChI is InChI=1S/C46H33N/c1-46(2)41-19-11-10-14-35(41)40-28-33(24-26-42(40)46)34-25-27-43(47-29-34)45-38-17-8-6-15-36(38)44(37-16-7-9-18-39(37)45)32-22-20-31(21-23-32)30-12-4-3-5-13-30/h3-29H,1-2H3. The molecule has 8 aromatic rings. The lowest BCUT2D eigenvalue weighted by molar-refractivity contribution is 0.660.